The molecule has 100 valence electrons. The Morgan fingerprint density at radius 3 is 2.55 bits per heavy atom. The molecule has 0 aliphatic heterocycles. The molecule has 0 unspecified atom stereocenters. The van der Waals surface area contributed by atoms with Crippen molar-refractivity contribution < 1.29 is 9.21 Å². The topological polar surface area (TPSA) is 43.1 Å². The highest BCUT2D eigenvalue weighted by atomic mass is 16.3. The van der Waals surface area contributed by atoms with Crippen molar-refractivity contribution in [2.75, 3.05) is 0 Å². The number of ketones is 1. The number of pyridine rings is 1. The smallest absolute Gasteiger partial charge is 0.228 e. The molecule has 1 aromatic carbocycles. The minimum atomic E-state index is -0.108. The molecule has 0 aliphatic carbocycles. The Kier molecular flexibility index (Phi) is 2.90. The second kappa shape index (κ2) is 4.60. The van der Waals surface area contributed by atoms with Crippen LogP contribution in [0.4, 0.5) is 0 Å². The van der Waals surface area contributed by atoms with Gasteiger partial charge >= 0.3 is 0 Å². The van der Waals surface area contributed by atoms with Gasteiger partial charge < -0.3 is 4.42 Å². The quantitative estimate of drug-likeness (QED) is 0.658. The summed E-state index contributed by atoms with van der Waals surface area (Å²) in [5.41, 5.74) is 5.18. The van der Waals surface area contributed by atoms with Crippen LogP contribution in [0.5, 0.6) is 0 Å². The maximum Gasteiger partial charge on any atom is 0.228 e. The maximum absolute atomic E-state index is 12.4. The van der Waals surface area contributed by atoms with E-state index < -0.39 is 0 Å². The minimum absolute atomic E-state index is 0.108. The summed E-state index contributed by atoms with van der Waals surface area (Å²) in [6, 6.07) is 11.1. The molecule has 0 radical (unpaired) electrons. The normalized spacial score (nSPS) is 10.9. The van der Waals surface area contributed by atoms with Crippen molar-refractivity contribution >= 4 is 16.9 Å². The van der Waals surface area contributed by atoms with Crippen molar-refractivity contribution in [3.63, 3.8) is 0 Å². The van der Waals surface area contributed by atoms with Gasteiger partial charge in [-0.25, -0.2) is 4.98 Å². The summed E-state index contributed by atoms with van der Waals surface area (Å²) in [6.07, 6.45) is 0. The first-order chi connectivity index (χ1) is 9.54. The lowest BCUT2D eigenvalue weighted by Crippen LogP contribution is -2.00. The van der Waals surface area contributed by atoms with Gasteiger partial charge in [0.2, 0.25) is 5.78 Å². The first kappa shape index (κ1) is 12.6. The average Bonchev–Trinajstić information content (AvgIpc) is 2.84. The maximum atomic E-state index is 12.4. The van der Waals surface area contributed by atoms with Crippen LogP contribution in [0, 0.1) is 20.8 Å². The number of aromatic nitrogens is 1. The molecule has 0 atom stereocenters. The number of nitrogens with zero attached hydrogens (tertiary/aromatic N) is 1. The van der Waals surface area contributed by atoms with E-state index in [0.29, 0.717) is 16.9 Å². The minimum Gasteiger partial charge on any atom is -0.451 e. The zero-order valence-corrected chi connectivity index (χ0v) is 11.7. The molecular weight excluding hydrogens is 250 g/mol. The number of hydrogen-bond acceptors (Lipinski definition) is 3. The van der Waals surface area contributed by atoms with E-state index >= 15 is 0 Å². The third-order valence-electron chi connectivity index (χ3n) is 3.51. The third kappa shape index (κ3) is 2.11. The molecule has 3 aromatic rings. The summed E-state index contributed by atoms with van der Waals surface area (Å²) in [5, 5.41) is 0. The average molecular weight is 265 g/mol. The first-order valence-corrected chi connectivity index (χ1v) is 6.54. The van der Waals surface area contributed by atoms with Gasteiger partial charge in [0.15, 0.2) is 11.3 Å². The summed E-state index contributed by atoms with van der Waals surface area (Å²) in [6.45, 7) is 5.93. The van der Waals surface area contributed by atoms with E-state index in [1.165, 1.54) is 5.56 Å². The van der Waals surface area contributed by atoms with E-state index in [9.17, 15) is 4.79 Å². The van der Waals surface area contributed by atoms with E-state index in [1.54, 1.807) is 6.07 Å². The summed E-state index contributed by atoms with van der Waals surface area (Å²) in [5.74, 6) is 0.227. The third-order valence-corrected chi connectivity index (χ3v) is 3.51. The summed E-state index contributed by atoms with van der Waals surface area (Å²) >= 11 is 0. The van der Waals surface area contributed by atoms with Gasteiger partial charge in [0.05, 0.1) is 0 Å². The van der Waals surface area contributed by atoms with E-state index in [-0.39, 0.29) is 5.78 Å². The molecule has 0 spiro atoms. The zero-order valence-electron chi connectivity index (χ0n) is 11.7. The second-order valence-electron chi connectivity index (χ2n) is 5.07. The molecule has 20 heavy (non-hydrogen) atoms. The van der Waals surface area contributed by atoms with Gasteiger partial charge in [0.1, 0.15) is 5.52 Å². The van der Waals surface area contributed by atoms with E-state index in [1.807, 2.05) is 51.1 Å². The molecule has 0 bridgehead atoms. The van der Waals surface area contributed by atoms with Crippen molar-refractivity contribution in [2.45, 2.75) is 20.8 Å². The van der Waals surface area contributed by atoms with Gasteiger partial charge in [-0.1, -0.05) is 12.1 Å². The van der Waals surface area contributed by atoms with Crippen LogP contribution < -0.4 is 0 Å². The molecule has 0 saturated carbocycles. The van der Waals surface area contributed by atoms with Gasteiger partial charge in [-0.05, 0) is 50.1 Å². The Morgan fingerprint density at radius 1 is 1.00 bits per heavy atom. The summed E-state index contributed by atoms with van der Waals surface area (Å²) in [4.78, 5) is 16.8. The van der Waals surface area contributed by atoms with Gasteiger partial charge in [-0.3, -0.25) is 4.79 Å². The standard InChI is InChI=1S/C17H15NO2/c1-10-4-6-13(8-11(10)2)17(19)16-9-14-15(20-16)7-5-12(3)18-14/h4-9H,1-3H3. The monoisotopic (exact) mass is 265 g/mol. The molecule has 3 rings (SSSR count). The highest BCUT2D eigenvalue weighted by molar-refractivity contribution is 6.08. The molecular formula is C17H15NO2. The van der Waals surface area contributed by atoms with Gasteiger partial charge in [0.25, 0.3) is 0 Å². The van der Waals surface area contributed by atoms with Crippen LogP contribution >= 0.6 is 0 Å². The molecule has 2 aromatic heterocycles. The Balaban J connectivity index is 2.05. The van der Waals surface area contributed by atoms with Gasteiger partial charge in [-0.15, -0.1) is 0 Å². The van der Waals surface area contributed by atoms with Crippen LogP contribution in [-0.2, 0) is 0 Å². The molecule has 0 fully saturated rings. The lowest BCUT2D eigenvalue weighted by Gasteiger charge is -2.02. The number of carbonyl (C=O) groups is 1. The van der Waals surface area contributed by atoms with Crippen LogP contribution in [0.3, 0.4) is 0 Å². The molecule has 0 amide bonds. The number of fused-ring (bicyclic) bond motifs is 1. The van der Waals surface area contributed by atoms with Crippen LogP contribution in [0.25, 0.3) is 11.1 Å². The SMILES string of the molecule is Cc1ccc2oc(C(=O)c3ccc(C)c(C)c3)cc2n1. The van der Waals surface area contributed by atoms with E-state index in [4.69, 9.17) is 4.42 Å². The van der Waals surface area contributed by atoms with Crippen molar-refractivity contribution in [1.29, 1.82) is 0 Å². The van der Waals surface area contributed by atoms with E-state index in [0.717, 1.165) is 16.8 Å². The highest BCUT2D eigenvalue weighted by Gasteiger charge is 2.15. The lowest BCUT2D eigenvalue weighted by atomic mass is 10.0. The predicted molar refractivity (Wildman–Crippen MR) is 78.1 cm³/mol. The van der Waals surface area contributed by atoms with Gasteiger partial charge in [-0.2, -0.15) is 0 Å². The Hall–Kier alpha value is -2.42. The van der Waals surface area contributed by atoms with Crippen molar-refractivity contribution in [2.24, 2.45) is 0 Å². The van der Waals surface area contributed by atoms with Crippen LogP contribution in [-0.4, -0.2) is 10.8 Å². The summed E-state index contributed by atoms with van der Waals surface area (Å²) in [7, 11) is 0. The molecule has 3 nitrogen and oxygen atoms in total. The predicted octanol–water partition coefficient (Wildman–Crippen LogP) is 3.98. The molecule has 3 heteroatoms. The molecule has 2 heterocycles. The number of carbonyl (C=O) groups excluding carboxylic acids is 1. The van der Waals surface area contributed by atoms with Crippen LogP contribution in [0.15, 0.2) is 40.8 Å². The fourth-order valence-electron chi connectivity index (χ4n) is 2.16. The van der Waals surface area contributed by atoms with E-state index in [2.05, 4.69) is 4.98 Å². The number of benzene rings is 1. The largest absolute Gasteiger partial charge is 0.451 e. The van der Waals surface area contributed by atoms with Gasteiger partial charge in [0, 0.05) is 17.3 Å². The lowest BCUT2D eigenvalue weighted by molar-refractivity contribution is 0.101. The Morgan fingerprint density at radius 2 is 1.80 bits per heavy atom. The molecule has 0 saturated heterocycles. The number of furan rings is 1. The Bertz CT molecular complexity index is 815. The first-order valence-electron chi connectivity index (χ1n) is 6.54. The van der Waals surface area contributed by atoms with Crippen LogP contribution in [0.2, 0.25) is 0 Å². The Labute approximate surface area is 117 Å². The highest BCUT2D eigenvalue weighted by Crippen LogP contribution is 2.21. The number of aryl methyl sites for hydroxylation is 3. The fraction of sp³-hybridized carbons (Fsp3) is 0.176. The number of rotatable bonds is 2. The molecule has 0 aliphatic rings. The molecule has 0 N–H and O–H groups in total. The summed E-state index contributed by atoms with van der Waals surface area (Å²) < 4.78 is 5.60. The zero-order chi connectivity index (χ0) is 14.3. The fourth-order valence-corrected chi connectivity index (χ4v) is 2.16. The van der Waals surface area contributed by atoms with Crippen molar-refractivity contribution in [3.8, 4) is 0 Å². The van der Waals surface area contributed by atoms with Crippen molar-refractivity contribution in [3.05, 3.63) is 64.5 Å². The second-order valence-corrected chi connectivity index (χ2v) is 5.07. The van der Waals surface area contributed by atoms with Crippen LogP contribution in [0.1, 0.15) is 32.9 Å². The number of hydrogen-bond donors (Lipinski definition) is 0. The van der Waals surface area contributed by atoms with Crippen molar-refractivity contribution in [1.82, 2.24) is 4.98 Å².